The molecular formula is C63H98O12. The molecule has 1 rings (SSSR count). The van der Waals surface area contributed by atoms with Crippen LogP contribution in [0.15, 0.2) is 122 Å². The maximum Gasteiger partial charge on any atom is 0.335 e. The van der Waals surface area contributed by atoms with Crippen LogP contribution in [0.1, 0.15) is 201 Å². The predicted molar refractivity (Wildman–Crippen MR) is 303 cm³/mol. The van der Waals surface area contributed by atoms with Gasteiger partial charge in [0.2, 0.25) is 0 Å². The molecule has 6 atom stereocenters. The van der Waals surface area contributed by atoms with Crippen molar-refractivity contribution < 1.29 is 58.2 Å². The fourth-order valence-electron chi connectivity index (χ4n) is 7.76. The van der Waals surface area contributed by atoms with Gasteiger partial charge in [0.25, 0.3) is 0 Å². The van der Waals surface area contributed by atoms with E-state index in [1.165, 1.54) is 38.5 Å². The van der Waals surface area contributed by atoms with Gasteiger partial charge in [-0.25, -0.2) is 4.79 Å². The molecule has 0 aliphatic carbocycles. The molecule has 1 heterocycles. The largest absolute Gasteiger partial charge is 0.479 e. The highest BCUT2D eigenvalue weighted by atomic mass is 16.7. The smallest absolute Gasteiger partial charge is 0.335 e. The van der Waals surface area contributed by atoms with Crippen LogP contribution in [0.25, 0.3) is 0 Å². The van der Waals surface area contributed by atoms with E-state index < -0.39 is 67.3 Å². The van der Waals surface area contributed by atoms with Crippen LogP contribution < -0.4 is 0 Å². The number of rotatable bonds is 46. The van der Waals surface area contributed by atoms with Gasteiger partial charge in [-0.2, -0.15) is 0 Å². The van der Waals surface area contributed by atoms with Gasteiger partial charge in [-0.3, -0.25) is 14.4 Å². The first-order chi connectivity index (χ1) is 36.6. The standard InChI is InChI=1S/C63H98O12/c1-4-7-10-13-16-19-22-24-26-27-28-29-31-32-35-37-40-43-46-49-55(64)71-52-54(73-56(65)50-47-44-41-39-36-33-30-25-23-20-17-14-11-8-5-2)53-72-63-61(59(68)58(67)60(75-63)62(69)70)74-57(66)51-48-45-42-38-34-21-18-15-12-9-6-3/h7-8,10-11,16-17,19-20,24-26,28-30,32,35-36,39,44,47,54,58-61,63,67-68H,4-6,9,12-15,18,21-23,27,31,33-34,37-38,40-43,45-46,48-53H2,1-3H3,(H,69,70)/b10-7-,11-8-,19-16-,20-17-,26-24-,29-28-,30-25-,35-32-,39-36-,47-44-. The average molecular weight is 1050 g/mol. The van der Waals surface area contributed by atoms with E-state index in [4.69, 9.17) is 23.7 Å². The van der Waals surface area contributed by atoms with Crippen LogP contribution in [0.4, 0.5) is 0 Å². The van der Waals surface area contributed by atoms with Gasteiger partial charge in [0.15, 0.2) is 24.6 Å². The van der Waals surface area contributed by atoms with Crippen molar-refractivity contribution in [2.75, 3.05) is 13.2 Å². The monoisotopic (exact) mass is 1050 g/mol. The lowest BCUT2D eigenvalue weighted by Crippen LogP contribution is -2.61. The van der Waals surface area contributed by atoms with Crippen molar-refractivity contribution in [3.05, 3.63) is 122 Å². The molecule has 0 aromatic heterocycles. The Hall–Kier alpha value is -4.88. The third-order valence-corrected chi connectivity index (χ3v) is 12.1. The molecule has 75 heavy (non-hydrogen) atoms. The van der Waals surface area contributed by atoms with Crippen LogP contribution >= 0.6 is 0 Å². The van der Waals surface area contributed by atoms with Gasteiger partial charge in [0.05, 0.1) is 13.0 Å². The second kappa shape index (κ2) is 50.0. The summed E-state index contributed by atoms with van der Waals surface area (Å²) in [4.78, 5) is 51.0. The van der Waals surface area contributed by atoms with Crippen LogP contribution in [0.5, 0.6) is 0 Å². The van der Waals surface area contributed by atoms with Crippen LogP contribution in [-0.2, 0) is 42.9 Å². The molecule has 3 N–H and O–H groups in total. The second-order valence-electron chi connectivity index (χ2n) is 18.8. The maximum absolute atomic E-state index is 13.1. The van der Waals surface area contributed by atoms with E-state index in [1.807, 2.05) is 18.2 Å². The zero-order valence-corrected chi connectivity index (χ0v) is 46.2. The highest BCUT2D eigenvalue weighted by Crippen LogP contribution is 2.26. The summed E-state index contributed by atoms with van der Waals surface area (Å²) in [6, 6.07) is 0. The Bertz CT molecular complexity index is 1770. The number of hydrogen-bond donors (Lipinski definition) is 3. The summed E-state index contributed by atoms with van der Waals surface area (Å²) in [7, 11) is 0. The molecule has 12 heteroatoms. The molecule has 0 aromatic carbocycles. The highest BCUT2D eigenvalue weighted by Gasteiger charge is 2.50. The number of aliphatic carboxylic acids is 1. The molecule has 1 fully saturated rings. The first-order valence-corrected chi connectivity index (χ1v) is 28.5. The number of hydrogen-bond acceptors (Lipinski definition) is 11. The minimum Gasteiger partial charge on any atom is -0.479 e. The van der Waals surface area contributed by atoms with Crippen molar-refractivity contribution in [1.82, 2.24) is 0 Å². The summed E-state index contributed by atoms with van der Waals surface area (Å²) in [5, 5.41) is 31.4. The van der Waals surface area contributed by atoms with Gasteiger partial charge < -0.3 is 39.0 Å². The van der Waals surface area contributed by atoms with E-state index in [0.29, 0.717) is 19.3 Å². The van der Waals surface area contributed by atoms with Crippen molar-refractivity contribution in [3.63, 3.8) is 0 Å². The summed E-state index contributed by atoms with van der Waals surface area (Å²) in [6.45, 7) is 5.61. The van der Waals surface area contributed by atoms with E-state index in [2.05, 4.69) is 118 Å². The van der Waals surface area contributed by atoms with Gasteiger partial charge >= 0.3 is 23.9 Å². The lowest BCUT2D eigenvalue weighted by atomic mass is 9.98. The molecule has 0 amide bonds. The summed E-state index contributed by atoms with van der Waals surface area (Å²) in [6.07, 6.45) is 56.4. The lowest BCUT2D eigenvalue weighted by molar-refractivity contribution is -0.301. The van der Waals surface area contributed by atoms with E-state index >= 15 is 0 Å². The molecule has 12 nitrogen and oxygen atoms in total. The van der Waals surface area contributed by atoms with E-state index in [-0.39, 0.29) is 25.9 Å². The Labute approximate surface area is 452 Å². The summed E-state index contributed by atoms with van der Waals surface area (Å²) < 4.78 is 28.2. The molecule has 0 bridgehead atoms. The van der Waals surface area contributed by atoms with Crippen molar-refractivity contribution in [3.8, 4) is 0 Å². The minimum atomic E-state index is -1.92. The van der Waals surface area contributed by atoms with Crippen molar-refractivity contribution >= 4 is 23.9 Å². The molecule has 1 aliphatic rings. The SMILES string of the molecule is CC/C=C\C/C=C\C/C=C\C/C=C\C/C=C\CCCCCC(=O)OCC(COC1OC(C(=O)O)C(O)C(O)C1OC(=O)CCCCCCCCCCCCC)OC(=O)C/C=C\C/C=C\C/C=C\C/C=C\C/C=C\CC. The van der Waals surface area contributed by atoms with Crippen LogP contribution in [0, 0.1) is 0 Å². The number of esters is 3. The molecule has 0 radical (unpaired) electrons. The van der Waals surface area contributed by atoms with Gasteiger partial charge in [-0.1, -0.05) is 213 Å². The number of allylic oxidation sites excluding steroid dienone is 19. The quantitative estimate of drug-likeness (QED) is 0.0228. The molecule has 6 unspecified atom stereocenters. The third kappa shape index (κ3) is 40.1. The van der Waals surface area contributed by atoms with Crippen molar-refractivity contribution in [2.45, 2.75) is 237 Å². The minimum absolute atomic E-state index is 0.0424. The summed E-state index contributed by atoms with van der Waals surface area (Å²) in [5.74, 6) is -3.35. The molecular weight excluding hydrogens is 949 g/mol. The van der Waals surface area contributed by atoms with Crippen molar-refractivity contribution in [2.24, 2.45) is 0 Å². The molecule has 1 aliphatic heterocycles. The maximum atomic E-state index is 13.1. The van der Waals surface area contributed by atoms with Crippen LogP contribution in [-0.4, -0.2) is 89.2 Å². The van der Waals surface area contributed by atoms with Gasteiger partial charge in [-0.05, 0) is 89.9 Å². The number of carboxylic acid groups (broad SMARTS) is 1. The molecule has 1 saturated heterocycles. The second-order valence-corrected chi connectivity index (χ2v) is 18.8. The average Bonchev–Trinajstić information content (AvgIpc) is 3.39. The Kier molecular flexibility index (Phi) is 45.4. The summed E-state index contributed by atoms with van der Waals surface area (Å²) >= 11 is 0. The van der Waals surface area contributed by atoms with Crippen LogP contribution in [0.3, 0.4) is 0 Å². The predicted octanol–water partition coefficient (Wildman–Crippen LogP) is 14.4. The lowest BCUT2D eigenvalue weighted by Gasteiger charge is -2.40. The Morgan fingerprint density at radius 1 is 0.467 bits per heavy atom. The topological polar surface area (TPSA) is 175 Å². The zero-order valence-electron chi connectivity index (χ0n) is 46.2. The number of ether oxygens (including phenoxy) is 5. The number of aliphatic hydroxyl groups is 2. The van der Waals surface area contributed by atoms with E-state index in [0.717, 1.165) is 103 Å². The molecule has 422 valence electrons. The van der Waals surface area contributed by atoms with Gasteiger partial charge in [0.1, 0.15) is 18.8 Å². The molecule has 0 spiro atoms. The Balaban J connectivity index is 2.78. The first-order valence-electron chi connectivity index (χ1n) is 28.5. The number of aliphatic hydroxyl groups excluding tert-OH is 2. The summed E-state index contributed by atoms with van der Waals surface area (Å²) in [5.41, 5.74) is 0. The molecule has 0 aromatic rings. The normalized spacial score (nSPS) is 19.1. The number of unbranched alkanes of at least 4 members (excludes halogenated alkanes) is 13. The Morgan fingerprint density at radius 2 is 0.880 bits per heavy atom. The van der Waals surface area contributed by atoms with Gasteiger partial charge in [-0.15, -0.1) is 0 Å². The van der Waals surface area contributed by atoms with E-state index in [9.17, 15) is 34.5 Å². The molecule has 0 saturated carbocycles. The highest BCUT2D eigenvalue weighted by molar-refractivity contribution is 5.74. The third-order valence-electron chi connectivity index (χ3n) is 12.1. The van der Waals surface area contributed by atoms with Gasteiger partial charge in [0, 0.05) is 12.8 Å². The number of carbonyl (C=O) groups is 4. The van der Waals surface area contributed by atoms with E-state index in [1.54, 1.807) is 6.08 Å². The van der Waals surface area contributed by atoms with Crippen LogP contribution in [0.2, 0.25) is 0 Å². The number of carbonyl (C=O) groups excluding carboxylic acids is 3. The zero-order chi connectivity index (χ0) is 54.7. The fraction of sp³-hybridized carbons (Fsp3) is 0.619. The van der Waals surface area contributed by atoms with Crippen molar-refractivity contribution in [1.29, 1.82) is 0 Å². The fourth-order valence-corrected chi connectivity index (χ4v) is 7.76. The Morgan fingerprint density at radius 3 is 1.35 bits per heavy atom. The number of carboxylic acids is 1. The first kappa shape index (κ1) is 68.1.